The number of nitrogens with two attached hydrogens (primary N) is 1. The van der Waals surface area contributed by atoms with Gasteiger partial charge in [0, 0.05) is 24.1 Å². The predicted octanol–water partition coefficient (Wildman–Crippen LogP) is 3.68. The highest BCUT2D eigenvalue weighted by molar-refractivity contribution is 9.10. The summed E-state index contributed by atoms with van der Waals surface area (Å²) in [4.78, 5) is 2.42. The van der Waals surface area contributed by atoms with E-state index in [0.29, 0.717) is 5.69 Å². The number of hydrogen-bond acceptors (Lipinski definition) is 3. The molecule has 1 fully saturated rings. The van der Waals surface area contributed by atoms with Crippen molar-refractivity contribution >= 4 is 21.6 Å². The molecule has 1 heterocycles. The van der Waals surface area contributed by atoms with E-state index in [1.54, 1.807) is 0 Å². The van der Waals surface area contributed by atoms with Gasteiger partial charge in [-0.3, -0.25) is 4.90 Å². The number of anilines is 1. The first-order valence-corrected chi connectivity index (χ1v) is 7.98. The van der Waals surface area contributed by atoms with Crippen molar-refractivity contribution in [1.82, 2.24) is 4.90 Å². The Morgan fingerprint density at radius 1 is 1.19 bits per heavy atom. The maximum atomic E-state index is 6.06. The van der Waals surface area contributed by atoms with Crippen LogP contribution < -0.4 is 10.5 Å². The summed E-state index contributed by atoms with van der Waals surface area (Å²) in [5.74, 6) is 0.774. The molecule has 3 rings (SSSR count). The molecule has 2 aromatic carbocycles. The van der Waals surface area contributed by atoms with Gasteiger partial charge < -0.3 is 10.5 Å². The van der Waals surface area contributed by atoms with E-state index in [4.69, 9.17) is 10.5 Å². The Bertz CT molecular complexity index is 603. The van der Waals surface area contributed by atoms with Crippen LogP contribution in [0.4, 0.5) is 5.69 Å². The monoisotopic (exact) mass is 346 g/mol. The molecule has 0 spiro atoms. The minimum atomic E-state index is 0.213. The molecule has 0 aliphatic carbocycles. The lowest BCUT2D eigenvalue weighted by molar-refractivity contribution is 0.199. The minimum absolute atomic E-state index is 0.213. The number of halogens is 1. The Labute approximate surface area is 133 Å². The van der Waals surface area contributed by atoms with E-state index in [-0.39, 0.29) is 6.10 Å². The van der Waals surface area contributed by atoms with Crippen molar-refractivity contribution in [3.05, 3.63) is 58.6 Å². The maximum Gasteiger partial charge on any atom is 0.143 e. The molecule has 2 aromatic rings. The van der Waals surface area contributed by atoms with Gasteiger partial charge in [0.25, 0.3) is 0 Å². The van der Waals surface area contributed by atoms with Gasteiger partial charge in [-0.25, -0.2) is 0 Å². The van der Waals surface area contributed by atoms with Crippen LogP contribution in [0.15, 0.2) is 53.0 Å². The van der Waals surface area contributed by atoms with Crippen molar-refractivity contribution in [3.63, 3.8) is 0 Å². The number of hydrogen-bond donors (Lipinski definition) is 1. The van der Waals surface area contributed by atoms with Crippen molar-refractivity contribution in [2.24, 2.45) is 0 Å². The van der Waals surface area contributed by atoms with Crippen LogP contribution in [-0.4, -0.2) is 24.1 Å². The number of ether oxygens (including phenoxy) is 1. The minimum Gasteiger partial charge on any atom is -0.487 e. The number of likely N-dealkylation sites (tertiary alicyclic amines) is 1. The third-order valence-corrected chi connectivity index (χ3v) is 4.24. The van der Waals surface area contributed by atoms with E-state index < -0.39 is 0 Å². The number of nitrogen functional groups attached to an aromatic ring is 1. The first-order valence-electron chi connectivity index (χ1n) is 7.18. The van der Waals surface area contributed by atoms with Gasteiger partial charge >= 0.3 is 0 Å². The zero-order valence-corrected chi connectivity index (χ0v) is 13.4. The lowest BCUT2D eigenvalue weighted by Crippen LogP contribution is -2.24. The highest BCUT2D eigenvalue weighted by atomic mass is 79.9. The molecule has 0 radical (unpaired) electrons. The summed E-state index contributed by atoms with van der Waals surface area (Å²) in [5, 5.41) is 0. The van der Waals surface area contributed by atoms with E-state index in [0.717, 1.165) is 36.3 Å². The molecule has 1 saturated heterocycles. The van der Waals surface area contributed by atoms with Gasteiger partial charge in [-0.05, 0) is 30.2 Å². The molecule has 0 amide bonds. The first-order chi connectivity index (χ1) is 10.2. The molecule has 110 valence electrons. The molecule has 1 atom stereocenters. The lowest BCUT2D eigenvalue weighted by Gasteiger charge is -2.18. The predicted molar refractivity (Wildman–Crippen MR) is 89.3 cm³/mol. The van der Waals surface area contributed by atoms with E-state index in [9.17, 15) is 0 Å². The zero-order valence-electron chi connectivity index (χ0n) is 11.8. The van der Waals surface area contributed by atoms with Crippen molar-refractivity contribution in [2.45, 2.75) is 19.1 Å². The van der Waals surface area contributed by atoms with Gasteiger partial charge in [0.15, 0.2) is 0 Å². The third-order valence-electron chi connectivity index (χ3n) is 3.75. The molecule has 2 N–H and O–H groups in total. The molecule has 0 saturated carbocycles. The molecule has 1 aliphatic rings. The van der Waals surface area contributed by atoms with Crippen molar-refractivity contribution in [3.8, 4) is 5.75 Å². The first kappa shape index (κ1) is 14.4. The largest absolute Gasteiger partial charge is 0.487 e. The Morgan fingerprint density at radius 2 is 2.00 bits per heavy atom. The fourth-order valence-corrected chi connectivity index (χ4v) is 3.01. The molecular weight excluding hydrogens is 328 g/mol. The standard InChI is InChI=1S/C17H19BrN2O/c18-14-6-7-16(19)17(10-14)21-15-8-9-20(12-15)11-13-4-2-1-3-5-13/h1-7,10,15H,8-9,11-12,19H2. The number of benzene rings is 2. The normalized spacial score (nSPS) is 18.8. The van der Waals surface area contributed by atoms with Gasteiger partial charge in [0.2, 0.25) is 0 Å². The van der Waals surface area contributed by atoms with Gasteiger partial charge in [0.1, 0.15) is 11.9 Å². The van der Waals surface area contributed by atoms with Crippen LogP contribution in [0.1, 0.15) is 12.0 Å². The lowest BCUT2D eigenvalue weighted by atomic mass is 10.2. The molecule has 0 bridgehead atoms. The Hall–Kier alpha value is -1.52. The third kappa shape index (κ3) is 3.77. The summed E-state index contributed by atoms with van der Waals surface area (Å²) in [6.07, 6.45) is 1.25. The van der Waals surface area contributed by atoms with Gasteiger partial charge in [-0.15, -0.1) is 0 Å². The molecular formula is C17H19BrN2O. The van der Waals surface area contributed by atoms with Crippen LogP contribution in [0.2, 0.25) is 0 Å². The second-order valence-electron chi connectivity index (χ2n) is 5.43. The number of rotatable bonds is 4. The van der Waals surface area contributed by atoms with Crippen LogP contribution in [0.3, 0.4) is 0 Å². The molecule has 4 heteroatoms. The van der Waals surface area contributed by atoms with Crippen LogP contribution in [0.25, 0.3) is 0 Å². The van der Waals surface area contributed by atoms with E-state index in [2.05, 4.69) is 51.2 Å². The SMILES string of the molecule is Nc1ccc(Br)cc1OC1CCN(Cc2ccccc2)C1. The van der Waals surface area contributed by atoms with Gasteiger partial charge in [0.05, 0.1) is 5.69 Å². The molecule has 1 unspecified atom stereocenters. The summed E-state index contributed by atoms with van der Waals surface area (Å²) < 4.78 is 7.05. The van der Waals surface area contributed by atoms with Crippen LogP contribution >= 0.6 is 15.9 Å². The van der Waals surface area contributed by atoms with Crippen LogP contribution in [-0.2, 0) is 6.54 Å². The second-order valence-corrected chi connectivity index (χ2v) is 6.35. The summed E-state index contributed by atoms with van der Waals surface area (Å²) in [6.45, 7) is 2.99. The molecule has 0 aromatic heterocycles. The zero-order chi connectivity index (χ0) is 14.7. The van der Waals surface area contributed by atoms with Crippen LogP contribution in [0.5, 0.6) is 5.75 Å². The quantitative estimate of drug-likeness (QED) is 0.858. The van der Waals surface area contributed by atoms with Crippen LogP contribution in [0, 0.1) is 0 Å². The molecule has 21 heavy (non-hydrogen) atoms. The Morgan fingerprint density at radius 3 is 2.81 bits per heavy atom. The molecule has 3 nitrogen and oxygen atoms in total. The fourth-order valence-electron chi connectivity index (χ4n) is 2.67. The number of nitrogens with zero attached hydrogens (tertiary/aromatic N) is 1. The average Bonchev–Trinajstić information content (AvgIpc) is 2.91. The Balaban J connectivity index is 1.58. The van der Waals surface area contributed by atoms with Gasteiger partial charge in [-0.2, -0.15) is 0 Å². The highest BCUT2D eigenvalue weighted by Gasteiger charge is 2.24. The fraction of sp³-hybridized carbons (Fsp3) is 0.294. The summed E-state index contributed by atoms with van der Waals surface area (Å²) in [7, 11) is 0. The Kier molecular flexibility index (Phi) is 4.46. The molecule has 1 aliphatic heterocycles. The van der Waals surface area contributed by atoms with E-state index in [1.165, 1.54) is 5.56 Å². The second kappa shape index (κ2) is 6.50. The van der Waals surface area contributed by atoms with E-state index >= 15 is 0 Å². The van der Waals surface area contributed by atoms with Gasteiger partial charge in [-0.1, -0.05) is 46.3 Å². The van der Waals surface area contributed by atoms with Crippen molar-refractivity contribution in [1.29, 1.82) is 0 Å². The average molecular weight is 347 g/mol. The van der Waals surface area contributed by atoms with Crippen molar-refractivity contribution in [2.75, 3.05) is 18.8 Å². The highest BCUT2D eigenvalue weighted by Crippen LogP contribution is 2.28. The summed E-state index contributed by atoms with van der Waals surface area (Å²) in [6, 6.07) is 16.3. The summed E-state index contributed by atoms with van der Waals surface area (Å²) >= 11 is 3.46. The maximum absolute atomic E-state index is 6.06. The summed E-state index contributed by atoms with van der Waals surface area (Å²) in [5.41, 5.74) is 8.01. The van der Waals surface area contributed by atoms with Crippen molar-refractivity contribution < 1.29 is 4.74 Å². The topological polar surface area (TPSA) is 38.5 Å². The van der Waals surface area contributed by atoms with E-state index in [1.807, 2.05) is 18.2 Å². The smallest absolute Gasteiger partial charge is 0.143 e.